The van der Waals surface area contributed by atoms with E-state index in [2.05, 4.69) is 32.6 Å². The molecule has 0 spiro atoms. The van der Waals surface area contributed by atoms with E-state index in [0.29, 0.717) is 0 Å². The maximum Gasteiger partial charge on any atom is -0.0351 e. The van der Waals surface area contributed by atoms with E-state index in [1.807, 2.05) is 0 Å². The molecule has 0 aromatic carbocycles. The molecule has 0 atom stereocenters. The normalized spacial score (nSPS) is 10.3. The Bertz CT molecular complexity index is 200. The number of hydrogen-bond donors (Lipinski definition) is 0. The van der Waals surface area contributed by atoms with E-state index in [0.717, 1.165) is 6.42 Å². The van der Waals surface area contributed by atoms with Gasteiger partial charge in [0.2, 0.25) is 0 Å². The predicted octanol–water partition coefficient (Wildman–Crippen LogP) is 8.02. The van der Waals surface area contributed by atoms with Crippen molar-refractivity contribution < 1.29 is 0 Å². The third-order valence-electron chi connectivity index (χ3n) is 3.65. The number of hydrogen-bond acceptors (Lipinski definition) is 0. The van der Waals surface area contributed by atoms with Gasteiger partial charge in [0.05, 0.1) is 0 Å². The second kappa shape index (κ2) is 25.2. The van der Waals surface area contributed by atoms with Gasteiger partial charge in [-0.1, -0.05) is 116 Å². The van der Waals surface area contributed by atoms with Crippen molar-refractivity contribution in [1.29, 1.82) is 0 Å². The van der Waals surface area contributed by atoms with Gasteiger partial charge in [-0.2, -0.15) is 0 Å². The molecule has 128 valence electrons. The summed E-state index contributed by atoms with van der Waals surface area (Å²) >= 11 is 0. The number of rotatable bonds is 15. The van der Waals surface area contributed by atoms with Crippen molar-refractivity contribution in [2.45, 2.75) is 96.8 Å². The highest BCUT2D eigenvalue weighted by Crippen LogP contribution is 2.09. The van der Waals surface area contributed by atoms with E-state index in [1.165, 1.54) is 95.6 Å². The fourth-order valence-corrected chi connectivity index (χ4v) is 2.25. The molecule has 2 radical (unpaired) electrons. The summed E-state index contributed by atoms with van der Waals surface area (Å²) in [6, 6.07) is 0. The lowest BCUT2D eigenvalue weighted by molar-refractivity contribution is 0.609. The Labute approximate surface area is 141 Å². The quantitative estimate of drug-likeness (QED) is 0.163. The van der Waals surface area contributed by atoms with Crippen LogP contribution in [-0.4, -0.2) is 0 Å². The highest BCUT2D eigenvalue weighted by Gasteiger charge is 1.89. The molecule has 0 heteroatoms. The fraction of sp³-hybridized carbons (Fsp3) is 0.682. The van der Waals surface area contributed by atoms with Crippen LogP contribution in [0.5, 0.6) is 0 Å². The van der Waals surface area contributed by atoms with Gasteiger partial charge in [0.1, 0.15) is 0 Å². The Hall–Kier alpha value is -0.780. The summed E-state index contributed by atoms with van der Waals surface area (Å²) in [7, 11) is 0. The summed E-state index contributed by atoms with van der Waals surface area (Å²) < 4.78 is 0. The van der Waals surface area contributed by atoms with Crippen molar-refractivity contribution in [3.05, 3.63) is 44.4 Å². The van der Waals surface area contributed by atoms with Gasteiger partial charge < -0.3 is 0 Å². The molecule has 0 N–H and O–H groups in total. The third kappa shape index (κ3) is 27.5. The van der Waals surface area contributed by atoms with Gasteiger partial charge in [-0.15, -0.1) is 0 Å². The van der Waals surface area contributed by atoms with Crippen molar-refractivity contribution in [1.82, 2.24) is 0 Å². The van der Waals surface area contributed by atoms with Gasteiger partial charge in [-0.05, 0) is 25.7 Å². The zero-order valence-electron chi connectivity index (χ0n) is 15.2. The minimum atomic E-state index is 1.11. The molecule has 0 aromatic heterocycles. The van der Waals surface area contributed by atoms with Gasteiger partial charge in [0.25, 0.3) is 0 Å². The van der Waals surface area contributed by atoms with E-state index >= 15 is 0 Å². The van der Waals surface area contributed by atoms with E-state index in [-0.39, 0.29) is 0 Å². The average molecular weight is 305 g/mol. The summed E-state index contributed by atoms with van der Waals surface area (Å²) in [6.45, 7) is 14.2. The molecule has 0 unspecified atom stereocenters. The number of allylic oxidation sites excluding steroid dienone is 4. The van der Waals surface area contributed by atoms with Gasteiger partial charge >= 0.3 is 0 Å². The van der Waals surface area contributed by atoms with Crippen LogP contribution in [0.25, 0.3) is 0 Å². The first kappa shape index (κ1) is 23.5. The zero-order valence-corrected chi connectivity index (χ0v) is 15.2. The molecule has 0 aliphatic carbocycles. The molecular weight excluding hydrogens is 264 g/mol. The van der Waals surface area contributed by atoms with Crippen LogP contribution in [-0.2, 0) is 0 Å². The summed E-state index contributed by atoms with van der Waals surface area (Å²) in [6.07, 6.45) is 26.8. The van der Waals surface area contributed by atoms with Crippen molar-refractivity contribution in [3.8, 4) is 0 Å². The van der Waals surface area contributed by atoms with E-state index in [9.17, 15) is 0 Å². The first-order chi connectivity index (χ1) is 10.8. The second-order valence-corrected chi connectivity index (χ2v) is 5.87. The average Bonchev–Trinajstić information content (AvgIpc) is 2.55. The molecule has 0 nitrogen and oxygen atoms in total. The summed E-state index contributed by atoms with van der Waals surface area (Å²) in [5.74, 6) is 0. The van der Waals surface area contributed by atoms with Crippen LogP contribution in [0, 0.1) is 13.5 Å². The zero-order chi connectivity index (χ0) is 16.7. The Morgan fingerprint density at radius 3 is 1.55 bits per heavy atom. The van der Waals surface area contributed by atoms with E-state index in [4.69, 9.17) is 6.58 Å². The van der Waals surface area contributed by atoms with Crippen LogP contribution >= 0.6 is 0 Å². The molecule has 22 heavy (non-hydrogen) atoms. The lowest BCUT2D eigenvalue weighted by Gasteiger charge is -1.98. The Morgan fingerprint density at radius 2 is 1.14 bits per heavy atom. The van der Waals surface area contributed by atoms with Crippen LogP contribution in [0.4, 0.5) is 0 Å². The highest BCUT2D eigenvalue weighted by molar-refractivity contribution is 4.86. The summed E-state index contributed by atoms with van der Waals surface area (Å²) in [5.41, 5.74) is 0. The molecule has 0 rings (SSSR count). The van der Waals surface area contributed by atoms with Crippen LogP contribution in [0.2, 0.25) is 0 Å². The van der Waals surface area contributed by atoms with E-state index in [1.54, 1.807) is 0 Å². The minimum Gasteiger partial charge on any atom is -0.0991 e. The molecule has 0 saturated carbocycles. The minimum absolute atomic E-state index is 1.11. The fourth-order valence-electron chi connectivity index (χ4n) is 2.25. The largest absolute Gasteiger partial charge is 0.0991 e. The first-order valence-electron chi connectivity index (χ1n) is 9.43. The first-order valence-corrected chi connectivity index (χ1v) is 9.43. The Balaban J connectivity index is 0. The molecule has 0 amide bonds. The Morgan fingerprint density at radius 1 is 0.727 bits per heavy atom. The van der Waals surface area contributed by atoms with Crippen LogP contribution < -0.4 is 0 Å². The standard InChI is InChI=1S/C18H35.C4H5/c1-3-5-7-9-11-13-15-17-18-16-14-12-10-8-6-4-2;1-3-4-2/h17-18H,1,3-16H2,2H3;1,3-4H,2H2/b18-17-;. The second-order valence-electron chi connectivity index (χ2n) is 5.87. The van der Waals surface area contributed by atoms with Crippen LogP contribution in [0.3, 0.4) is 0 Å². The van der Waals surface area contributed by atoms with Gasteiger partial charge in [0.15, 0.2) is 0 Å². The third-order valence-corrected chi connectivity index (χ3v) is 3.65. The lowest BCUT2D eigenvalue weighted by Crippen LogP contribution is -1.79. The maximum absolute atomic E-state index is 4.78. The van der Waals surface area contributed by atoms with Crippen LogP contribution in [0.1, 0.15) is 96.8 Å². The van der Waals surface area contributed by atoms with Gasteiger partial charge in [-0.3, -0.25) is 0 Å². The molecule has 0 saturated heterocycles. The highest BCUT2D eigenvalue weighted by atomic mass is 14.0. The SMILES string of the molecule is [CH2]CCCCCCC/C=C\CCCCCCCC.[CH]=CC=C. The lowest BCUT2D eigenvalue weighted by atomic mass is 10.1. The monoisotopic (exact) mass is 304 g/mol. The molecular formula is C22H40. The number of unbranched alkanes of at least 4 members (excludes halogenated alkanes) is 12. The van der Waals surface area contributed by atoms with Crippen molar-refractivity contribution in [3.63, 3.8) is 0 Å². The van der Waals surface area contributed by atoms with Crippen LogP contribution in [0.15, 0.2) is 30.9 Å². The van der Waals surface area contributed by atoms with Crippen molar-refractivity contribution in [2.75, 3.05) is 0 Å². The molecule has 0 fully saturated rings. The van der Waals surface area contributed by atoms with E-state index < -0.39 is 0 Å². The predicted molar refractivity (Wildman–Crippen MR) is 104 cm³/mol. The Kier molecular flexibility index (Phi) is 26.9. The van der Waals surface area contributed by atoms with Crippen molar-refractivity contribution >= 4 is 0 Å². The summed E-state index contributed by atoms with van der Waals surface area (Å²) in [5, 5.41) is 0. The molecule has 0 aliphatic heterocycles. The molecule has 0 aromatic rings. The van der Waals surface area contributed by atoms with Crippen molar-refractivity contribution in [2.24, 2.45) is 0 Å². The maximum atomic E-state index is 4.78. The topological polar surface area (TPSA) is 0 Å². The molecule has 0 aliphatic rings. The van der Waals surface area contributed by atoms with Gasteiger partial charge in [0, 0.05) is 0 Å². The van der Waals surface area contributed by atoms with Gasteiger partial charge in [-0.25, -0.2) is 0 Å². The molecule has 0 bridgehead atoms. The molecule has 0 heterocycles. The summed E-state index contributed by atoms with van der Waals surface area (Å²) in [4.78, 5) is 0. The smallest absolute Gasteiger partial charge is 0.0351 e.